The van der Waals surface area contributed by atoms with E-state index in [-0.39, 0.29) is 5.91 Å². The lowest BCUT2D eigenvalue weighted by Crippen LogP contribution is -2.39. The SMILES string of the molecule is CCNC(=NCC(C)C)NCCC(=O)Nc1cccc(C)n1. The Morgan fingerprint density at radius 3 is 2.73 bits per heavy atom. The number of rotatable bonds is 7. The first kappa shape index (κ1) is 17.9. The molecule has 3 N–H and O–H groups in total. The van der Waals surface area contributed by atoms with Gasteiger partial charge in [-0.25, -0.2) is 4.98 Å². The maximum absolute atomic E-state index is 11.9. The first-order chi connectivity index (χ1) is 10.5. The number of nitrogens with zero attached hydrogens (tertiary/aromatic N) is 2. The van der Waals surface area contributed by atoms with E-state index >= 15 is 0 Å². The highest BCUT2D eigenvalue weighted by atomic mass is 16.1. The number of aromatic nitrogens is 1. The van der Waals surface area contributed by atoms with Crippen LogP contribution in [0.2, 0.25) is 0 Å². The highest BCUT2D eigenvalue weighted by molar-refractivity contribution is 5.90. The van der Waals surface area contributed by atoms with E-state index < -0.39 is 0 Å². The molecule has 0 atom stereocenters. The van der Waals surface area contributed by atoms with Crippen molar-refractivity contribution in [2.24, 2.45) is 10.9 Å². The van der Waals surface area contributed by atoms with Gasteiger partial charge in [0.1, 0.15) is 5.82 Å². The molecule has 0 fully saturated rings. The molecular formula is C16H27N5O. The number of aryl methyl sites for hydroxylation is 1. The fourth-order valence-electron chi connectivity index (χ4n) is 1.73. The maximum atomic E-state index is 11.9. The van der Waals surface area contributed by atoms with Crippen molar-refractivity contribution in [1.29, 1.82) is 0 Å². The van der Waals surface area contributed by atoms with Gasteiger partial charge in [0.25, 0.3) is 0 Å². The van der Waals surface area contributed by atoms with Gasteiger partial charge in [-0.05, 0) is 31.9 Å². The number of anilines is 1. The van der Waals surface area contributed by atoms with Gasteiger partial charge >= 0.3 is 0 Å². The summed E-state index contributed by atoms with van der Waals surface area (Å²) in [6.07, 6.45) is 0.363. The van der Waals surface area contributed by atoms with Gasteiger partial charge in [0, 0.05) is 31.7 Å². The molecule has 1 heterocycles. The third-order valence-corrected chi connectivity index (χ3v) is 2.76. The zero-order valence-electron chi connectivity index (χ0n) is 13.9. The molecule has 22 heavy (non-hydrogen) atoms. The van der Waals surface area contributed by atoms with Crippen LogP contribution in [0.1, 0.15) is 32.9 Å². The molecule has 6 heteroatoms. The van der Waals surface area contributed by atoms with Crippen molar-refractivity contribution in [3.05, 3.63) is 23.9 Å². The van der Waals surface area contributed by atoms with Crippen molar-refractivity contribution in [3.8, 4) is 0 Å². The van der Waals surface area contributed by atoms with Crippen LogP contribution in [-0.4, -0.2) is 36.5 Å². The van der Waals surface area contributed by atoms with Crippen molar-refractivity contribution in [3.63, 3.8) is 0 Å². The molecule has 0 aromatic carbocycles. The van der Waals surface area contributed by atoms with Crippen LogP contribution < -0.4 is 16.0 Å². The van der Waals surface area contributed by atoms with Gasteiger partial charge in [0.2, 0.25) is 5.91 Å². The molecule has 0 saturated heterocycles. The standard InChI is InChI=1S/C16H27N5O/c1-5-17-16(19-11-12(2)3)18-10-9-15(22)21-14-8-6-7-13(4)20-14/h6-8,12H,5,9-11H2,1-4H3,(H2,17,18,19)(H,20,21,22). The Morgan fingerprint density at radius 1 is 1.32 bits per heavy atom. The van der Waals surface area contributed by atoms with E-state index in [1.165, 1.54) is 0 Å². The number of carbonyl (C=O) groups excluding carboxylic acids is 1. The summed E-state index contributed by atoms with van der Waals surface area (Å²) in [5.74, 6) is 1.78. The minimum atomic E-state index is -0.0645. The highest BCUT2D eigenvalue weighted by Gasteiger charge is 2.04. The summed E-state index contributed by atoms with van der Waals surface area (Å²) >= 11 is 0. The van der Waals surface area contributed by atoms with Crippen molar-refractivity contribution in [2.45, 2.75) is 34.1 Å². The number of pyridine rings is 1. The Bertz CT molecular complexity index is 499. The van der Waals surface area contributed by atoms with Gasteiger partial charge in [-0.15, -0.1) is 0 Å². The minimum absolute atomic E-state index is 0.0645. The second-order valence-electron chi connectivity index (χ2n) is 5.50. The second kappa shape index (κ2) is 9.76. The molecule has 1 rings (SSSR count). The summed E-state index contributed by atoms with van der Waals surface area (Å²) in [5.41, 5.74) is 0.881. The van der Waals surface area contributed by atoms with Gasteiger partial charge in [0.15, 0.2) is 5.96 Å². The molecular weight excluding hydrogens is 278 g/mol. The number of carbonyl (C=O) groups is 1. The third kappa shape index (κ3) is 7.61. The number of hydrogen-bond acceptors (Lipinski definition) is 3. The number of hydrogen-bond donors (Lipinski definition) is 3. The number of nitrogens with one attached hydrogen (secondary N) is 3. The second-order valence-corrected chi connectivity index (χ2v) is 5.50. The van der Waals surface area contributed by atoms with Crippen LogP contribution in [0.15, 0.2) is 23.2 Å². The Labute approximate surface area is 132 Å². The monoisotopic (exact) mass is 305 g/mol. The Hall–Kier alpha value is -2.11. The molecule has 0 aliphatic heterocycles. The van der Waals surface area contributed by atoms with Crippen LogP contribution >= 0.6 is 0 Å². The lowest BCUT2D eigenvalue weighted by molar-refractivity contribution is -0.116. The van der Waals surface area contributed by atoms with E-state index in [1.54, 1.807) is 6.07 Å². The zero-order valence-corrected chi connectivity index (χ0v) is 13.9. The predicted molar refractivity (Wildman–Crippen MR) is 91.0 cm³/mol. The van der Waals surface area contributed by atoms with Crippen LogP contribution in [0.4, 0.5) is 5.82 Å². The normalized spacial score (nSPS) is 11.4. The minimum Gasteiger partial charge on any atom is -0.357 e. The lowest BCUT2D eigenvalue weighted by atomic mass is 10.2. The van der Waals surface area contributed by atoms with Crippen molar-refractivity contribution in [1.82, 2.24) is 15.6 Å². The van der Waals surface area contributed by atoms with E-state index in [0.717, 1.165) is 24.7 Å². The topological polar surface area (TPSA) is 78.4 Å². The number of amides is 1. The van der Waals surface area contributed by atoms with Gasteiger partial charge < -0.3 is 16.0 Å². The summed E-state index contributed by atoms with van der Waals surface area (Å²) in [7, 11) is 0. The summed E-state index contributed by atoms with van der Waals surface area (Å²) in [6, 6.07) is 5.55. The predicted octanol–water partition coefficient (Wildman–Crippen LogP) is 1.93. The Morgan fingerprint density at radius 2 is 2.09 bits per heavy atom. The first-order valence-corrected chi connectivity index (χ1v) is 7.77. The molecule has 6 nitrogen and oxygen atoms in total. The highest BCUT2D eigenvalue weighted by Crippen LogP contribution is 2.03. The number of guanidine groups is 1. The molecule has 0 saturated carbocycles. The largest absolute Gasteiger partial charge is 0.357 e. The van der Waals surface area contributed by atoms with E-state index in [9.17, 15) is 4.79 Å². The molecule has 1 aromatic rings. The molecule has 0 radical (unpaired) electrons. The average molecular weight is 305 g/mol. The summed E-state index contributed by atoms with van der Waals surface area (Å²) in [6.45, 7) is 10.2. The quantitative estimate of drug-likeness (QED) is 0.531. The molecule has 1 amide bonds. The van der Waals surface area contributed by atoms with E-state index in [2.05, 4.69) is 39.8 Å². The number of aliphatic imine (C=N–C) groups is 1. The van der Waals surface area contributed by atoms with Crippen molar-refractivity contribution in [2.75, 3.05) is 25.0 Å². The van der Waals surface area contributed by atoms with Crippen LogP contribution in [0.5, 0.6) is 0 Å². The lowest BCUT2D eigenvalue weighted by Gasteiger charge is -2.12. The van der Waals surface area contributed by atoms with Gasteiger partial charge in [-0.1, -0.05) is 19.9 Å². The molecule has 0 aliphatic rings. The molecule has 122 valence electrons. The summed E-state index contributed by atoms with van der Waals surface area (Å²) in [5, 5.41) is 9.11. The zero-order chi connectivity index (χ0) is 16.4. The molecule has 1 aromatic heterocycles. The van der Waals surface area contributed by atoms with Crippen LogP contribution in [0.25, 0.3) is 0 Å². The molecule has 0 spiro atoms. The van der Waals surface area contributed by atoms with Crippen LogP contribution in [0, 0.1) is 12.8 Å². The third-order valence-electron chi connectivity index (χ3n) is 2.76. The fourth-order valence-corrected chi connectivity index (χ4v) is 1.73. The summed E-state index contributed by atoms with van der Waals surface area (Å²) < 4.78 is 0. The van der Waals surface area contributed by atoms with Crippen molar-refractivity contribution < 1.29 is 4.79 Å². The average Bonchev–Trinajstić information content (AvgIpc) is 2.44. The van der Waals surface area contributed by atoms with E-state index in [1.807, 2.05) is 26.0 Å². The fraction of sp³-hybridized carbons (Fsp3) is 0.562. The molecule has 0 bridgehead atoms. The molecule has 0 unspecified atom stereocenters. The maximum Gasteiger partial charge on any atom is 0.227 e. The Kier molecular flexibility index (Phi) is 7.96. The van der Waals surface area contributed by atoms with Crippen molar-refractivity contribution >= 4 is 17.7 Å². The molecule has 0 aliphatic carbocycles. The van der Waals surface area contributed by atoms with Gasteiger partial charge in [-0.3, -0.25) is 9.79 Å². The first-order valence-electron chi connectivity index (χ1n) is 7.77. The van der Waals surface area contributed by atoms with Crippen LogP contribution in [0.3, 0.4) is 0 Å². The van der Waals surface area contributed by atoms with E-state index in [0.29, 0.717) is 24.7 Å². The summed E-state index contributed by atoms with van der Waals surface area (Å²) in [4.78, 5) is 20.6. The van der Waals surface area contributed by atoms with Gasteiger partial charge in [0.05, 0.1) is 0 Å². The van der Waals surface area contributed by atoms with Gasteiger partial charge in [-0.2, -0.15) is 0 Å². The Balaban J connectivity index is 2.37. The van der Waals surface area contributed by atoms with E-state index in [4.69, 9.17) is 0 Å². The smallest absolute Gasteiger partial charge is 0.227 e. The van der Waals surface area contributed by atoms with Crippen LogP contribution in [-0.2, 0) is 4.79 Å².